The summed E-state index contributed by atoms with van der Waals surface area (Å²) in [6.45, 7) is 0. The van der Waals surface area contributed by atoms with E-state index in [9.17, 15) is 0 Å². The number of nitrogens with zero attached hydrogens (tertiary/aromatic N) is 3. The Morgan fingerprint density at radius 3 is 1.16 bits per heavy atom. The van der Waals surface area contributed by atoms with Gasteiger partial charge in [-0.05, 0) is 116 Å². The van der Waals surface area contributed by atoms with E-state index < -0.39 is 8.07 Å². The van der Waals surface area contributed by atoms with Gasteiger partial charge >= 0.3 is 0 Å². The molecule has 0 saturated carbocycles. The fraction of sp³-hybridized carbons (Fsp3) is 0. The zero-order valence-electron chi connectivity index (χ0n) is 38.3. The van der Waals surface area contributed by atoms with Gasteiger partial charge in [0.1, 0.15) is 0 Å². The second kappa shape index (κ2) is 16.1. The molecule has 3 heterocycles. The van der Waals surface area contributed by atoms with Crippen LogP contribution in [0.2, 0.25) is 0 Å². The molecule has 0 aliphatic carbocycles. The van der Waals surface area contributed by atoms with Crippen molar-refractivity contribution in [1.82, 2.24) is 13.7 Å². The molecule has 0 saturated heterocycles. The van der Waals surface area contributed by atoms with Crippen LogP contribution < -0.4 is 20.7 Å². The maximum Gasteiger partial charge on any atom is 0.179 e. The van der Waals surface area contributed by atoms with E-state index in [1.165, 1.54) is 103 Å². The Labute approximate surface area is 407 Å². The summed E-state index contributed by atoms with van der Waals surface area (Å²) in [4.78, 5) is 0. The molecule has 0 aliphatic heterocycles. The minimum atomic E-state index is -2.97. The summed E-state index contributed by atoms with van der Waals surface area (Å²) in [5.41, 5.74) is 15.6. The van der Waals surface area contributed by atoms with Crippen LogP contribution in [0.1, 0.15) is 0 Å². The second-order valence-electron chi connectivity index (χ2n) is 18.5. The lowest BCUT2D eigenvalue weighted by atomic mass is 10.1. The minimum absolute atomic E-state index is 1.14. The van der Waals surface area contributed by atoms with E-state index in [2.05, 4.69) is 287 Å². The highest BCUT2D eigenvalue weighted by molar-refractivity contribution is 7.20. The summed E-state index contributed by atoms with van der Waals surface area (Å²) >= 11 is 0. The van der Waals surface area contributed by atoms with Crippen molar-refractivity contribution in [3.63, 3.8) is 0 Å². The van der Waals surface area contributed by atoms with Crippen LogP contribution in [0, 0.1) is 0 Å². The van der Waals surface area contributed by atoms with E-state index >= 15 is 0 Å². The van der Waals surface area contributed by atoms with E-state index in [-0.39, 0.29) is 0 Å². The molecule has 0 amide bonds. The fourth-order valence-electron chi connectivity index (χ4n) is 11.8. The minimum Gasteiger partial charge on any atom is -0.309 e. The molecule has 0 N–H and O–H groups in total. The molecule has 0 aliphatic rings. The van der Waals surface area contributed by atoms with Gasteiger partial charge in [-0.3, -0.25) is 0 Å². The van der Waals surface area contributed by atoms with Gasteiger partial charge in [0.25, 0.3) is 0 Å². The molecule has 70 heavy (non-hydrogen) atoms. The maximum atomic E-state index is 2.47. The predicted molar refractivity (Wildman–Crippen MR) is 298 cm³/mol. The van der Waals surface area contributed by atoms with Crippen LogP contribution in [0.4, 0.5) is 0 Å². The normalized spacial score (nSPS) is 12.0. The molecule has 3 nitrogen and oxygen atoms in total. The van der Waals surface area contributed by atoms with Gasteiger partial charge in [0, 0.05) is 38.6 Å². The van der Waals surface area contributed by atoms with Crippen LogP contribution in [0.25, 0.3) is 94.0 Å². The number of benzene rings is 11. The van der Waals surface area contributed by atoms with Crippen molar-refractivity contribution in [3.8, 4) is 39.3 Å². The Hall–Kier alpha value is -8.96. The molecular formula is C66H45N3Si. The average Bonchev–Trinajstić information content (AvgIpc) is 4.09. The third kappa shape index (κ3) is 6.07. The molecule has 4 heteroatoms. The first-order chi connectivity index (χ1) is 34.7. The summed E-state index contributed by atoms with van der Waals surface area (Å²) in [5.74, 6) is 0. The molecule has 0 unspecified atom stereocenters. The van der Waals surface area contributed by atoms with Crippen molar-refractivity contribution < 1.29 is 0 Å². The molecule has 0 radical (unpaired) electrons. The Kier molecular flexibility index (Phi) is 9.23. The molecular weight excluding hydrogens is 863 g/mol. The summed E-state index contributed by atoms with van der Waals surface area (Å²) in [6.07, 6.45) is 0. The highest BCUT2D eigenvalue weighted by Gasteiger charge is 2.42. The molecule has 0 bridgehead atoms. The summed E-state index contributed by atoms with van der Waals surface area (Å²) in [6, 6.07) is 101. The molecule has 3 aromatic heterocycles. The quantitative estimate of drug-likeness (QED) is 0.101. The predicted octanol–water partition coefficient (Wildman–Crippen LogP) is 14.0. The number of hydrogen-bond donors (Lipinski definition) is 0. The molecule has 11 aromatic carbocycles. The van der Waals surface area contributed by atoms with Crippen molar-refractivity contribution in [1.29, 1.82) is 0 Å². The molecule has 328 valence electrons. The fourth-order valence-corrected chi connectivity index (χ4v) is 16.6. The Morgan fingerprint density at radius 2 is 0.586 bits per heavy atom. The summed E-state index contributed by atoms with van der Waals surface area (Å²) in [7, 11) is -2.97. The topological polar surface area (TPSA) is 14.8 Å². The van der Waals surface area contributed by atoms with Crippen LogP contribution in [-0.2, 0) is 0 Å². The van der Waals surface area contributed by atoms with E-state index in [1.54, 1.807) is 0 Å². The number of rotatable bonds is 9. The lowest BCUT2D eigenvalue weighted by molar-refractivity contribution is 1.15. The first-order valence-electron chi connectivity index (χ1n) is 24.2. The van der Waals surface area contributed by atoms with Crippen molar-refractivity contribution in [3.05, 3.63) is 273 Å². The van der Waals surface area contributed by atoms with Gasteiger partial charge in [-0.1, -0.05) is 200 Å². The highest BCUT2D eigenvalue weighted by Crippen LogP contribution is 2.43. The Morgan fingerprint density at radius 1 is 0.214 bits per heavy atom. The van der Waals surface area contributed by atoms with Gasteiger partial charge in [-0.15, -0.1) is 0 Å². The van der Waals surface area contributed by atoms with Crippen molar-refractivity contribution in [2.45, 2.75) is 0 Å². The van der Waals surface area contributed by atoms with E-state index in [0.717, 1.165) is 11.4 Å². The standard InChI is InChI=1S/C66H45N3Si/c1-5-19-46(20-6-1)48-23-15-29-55(43-48)70(53-27-11-4-12-28-53,56-30-16-24-49(44-56)47-21-7-2-8-22-47)54-40-37-51(38-41-54)67-59-32-14-13-31-57(59)58-45-52(39-42-60(58)67)69-63-35-17-33-61-65(63)66-62(34-18-36-64(66)69)68(61)50-25-9-3-10-26-50/h1-45H. The van der Waals surface area contributed by atoms with Gasteiger partial charge in [-0.25, -0.2) is 0 Å². The highest BCUT2D eigenvalue weighted by atomic mass is 28.3. The summed E-state index contributed by atoms with van der Waals surface area (Å²) < 4.78 is 7.33. The lowest BCUT2D eigenvalue weighted by Gasteiger charge is -2.35. The van der Waals surface area contributed by atoms with E-state index in [4.69, 9.17) is 0 Å². The van der Waals surface area contributed by atoms with Gasteiger partial charge in [0.05, 0.1) is 33.1 Å². The molecule has 14 aromatic rings. The van der Waals surface area contributed by atoms with E-state index in [1.807, 2.05) is 0 Å². The van der Waals surface area contributed by atoms with Crippen molar-refractivity contribution in [2.75, 3.05) is 0 Å². The largest absolute Gasteiger partial charge is 0.309 e. The molecule has 0 spiro atoms. The first kappa shape index (κ1) is 40.1. The monoisotopic (exact) mass is 907 g/mol. The van der Waals surface area contributed by atoms with Crippen LogP contribution >= 0.6 is 0 Å². The Balaban J connectivity index is 0.953. The lowest BCUT2D eigenvalue weighted by Crippen LogP contribution is -2.74. The summed E-state index contributed by atoms with van der Waals surface area (Å²) in [5, 5.41) is 10.4. The van der Waals surface area contributed by atoms with Crippen LogP contribution in [-0.4, -0.2) is 21.8 Å². The number of aromatic nitrogens is 3. The molecule has 0 fully saturated rings. The van der Waals surface area contributed by atoms with Gasteiger partial charge < -0.3 is 13.7 Å². The third-order valence-corrected chi connectivity index (χ3v) is 19.5. The van der Waals surface area contributed by atoms with Gasteiger partial charge in [0.2, 0.25) is 0 Å². The maximum absolute atomic E-state index is 2.97. The molecule has 0 atom stereocenters. The van der Waals surface area contributed by atoms with Crippen LogP contribution in [0.5, 0.6) is 0 Å². The first-order valence-corrected chi connectivity index (χ1v) is 26.2. The molecule has 14 rings (SSSR count). The van der Waals surface area contributed by atoms with Crippen LogP contribution in [0.3, 0.4) is 0 Å². The average molecular weight is 908 g/mol. The number of fused-ring (bicyclic) bond motifs is 3. The smallest absolute Gasteiger partial charge is 0.179 e. The SMILES string of the molecule is c1ccc(-c2cccc([Si](c3ccccc3)(c3ccc(-n4c5ccccc5c5cc(-n6c7cccc8c7c7c(cccc76)n8-c6ccccc6)ccc54)cc3)c3cccc(-c4ccccc4)c3)c2)cc1. The van der Waals surface area contributed by atoms with Crippen molar-refractivity contribution in [2.24, 2.45) is 0 Å². The van der Waals surface area contributed by atoms with E-state index in [0.29, 0.717) is 0 Å². The number of para-hydroxylation sites is 2. The van der Waals surface area contributed by atoms with Crippen LogP contribution in [0.15, 0.2) is 273 Å². The second-order valence-corrected chi connectivity index (χ2v) is 22.3. The van der Waals surface area contributed by atoms with Gasteiger partial charge in [0.15, 0.2) is 8.07 Å². The Bertz CT molecular complexity index is 4060. The van der Waals surface area contributed by atoms with Gasteiger partial charge in [-0.2, -0.15) is 0 Å². The zero-order chi connectivity index (χ0) is 46.2. The number of hydrogen-bond acceptors (Lipinski definition) is 0. The third-order valence-electron chi connectivity index (χ3n) is 14.8. The zero-order valence-corrected chi connectivity index (χ0v) is 39.3. The van der Waals surface area contributed by atoms with Crippen molar-refractivity contribution >= 4 is 83.5 Å².